The molecule has 3 nitrogen and oxygen atoms in total. The number of carbonyl (C=O) groups excluding carboxylic acids is 1. The molecule has 4 heteroatoms. The first-order valence-electron chi connectivity index (χ1n) is 7.14. The number of likely N-dealkylation sites (tertiary alicyclic amines) is 1. The molecule has 1 amide bonds. The topological polar surface area (TPSA) is 33.2 Å². The standard InChI is InChI=1S/C17H18N2OS/c1-12-6-7-14(11-13(12)2)21-16-15(5-3-8-18-16)17(20)19-9-4-10-19/h3,5-8,11H,4,9-10H2,1-2H3. The van der Waals surface area contributed by atoms with Crippen molar-refractivity contribution in [2.75, 3.05) is 13.1 Å². The van der Waals surface area contributed by atoms with Crippen molar-refractivity contribution in [3.05, 3.63) is 53.2 Å². The largest absolute Gasteiger partial charge is 0.338 e. The van der Waals surface area contributed by atoms with Crippen molar-refractivity contribution in [1.29, 1.82) is 0 Å². The first kappa shape index (κ1) is 14.1. The molecule has 1 saturated heterocycles. The fraction of sp³-hybridized carbons (Fsp3) is 0.294. The molecule has 2 heterocycles. The van der Waals surface area contributed by atoms with Crippen LogP contribution in [0.4, 0.5) is 0 Å². The van der Waals surface area contributed by atoms with Gasteiger partial charge in [-0.2, -0.15) is 0 Å². The average Bonchev–Trinajstić information content (AvgIpc) is 2.41. The summed E-state index contributed by atoms with van der Waals surface area (Å²) in [5.41, 5.74) is 3.24. The Bertz CT molecular complexity index is 680. The number of aromatic nitrogens is 1. The molecule has 0 radical (unpaired) electrons. The maximum atomic E-state index is 12.4. The number of benzene rings is 1. The molecular formula is C17H18N2OS. The molecule has 108 valence electrons. The van der Waals surface area contributed by atoms with Crippen LogP contribution in [0.1, 0.15) is 27.9 Å². The second-order valence-electron chi connectivity index (χ2n) is 5.35. The summed E-state index contributed by atoms with van der Waals surface area (Å²) in [6, 6.07) is 10.0. The highest BCUT2D eigenvalue weighted by atomic mass is 32.2. The fourth-order valence-electron chi connectivity index (χ4n) is 2.21. The number of amides is 1. The smallest absolute Gasteiger partial charge is 0.256 e. The Morgan fingerprint density at radius 1 is 1.19 bits per heavy atom. The lowest BCUT2D eigenvalue weighted by Gasteiger charge is -2.31. The molecule has 0 unspecified atom stereocenters. The molecule has 1 aliphatic heterocycles. The Hall–Kier alpha value is -1.81. The van der Waals surface area contributed by atoms with Gasteiger partial charge in [-0.25, -0.2) is 4.98 Å². The van der Waals surface area contributed by atoms with Crippen LogP contribution in [0, 0.1) is 13.8 Å². The summed E-state index contributed by atoms with van der Waals surface area (Å²) in [7, 11) is 0. The molecule has 1 aliphatic rings. The number of rotatable bonds is 3. The van der Waals surface area contributed by atoms with Crippen LogP contribution < -0.4 is 0 Å². The third kappa shape index (κ3) is 2.95. The maximum Gasteiger partial charge on any atom is 0.256 e. The monoisotopic (exact) mass is 298 g/mol. The van der Waals surface area contributed by atoms with E-state index < -0.39 is 0 Å². The second kappa shape index (κ2) is 5.90. The van der Waals surface area contributed by atoms with Crippen molar-refractivity contribution in [3.8, 4) is 0 Å². The fourth-order valence-corrected chi connectivity index (χ4v) is 3.19. The second-order valence-corrected chi connectivity index (χ2v) is 6.41. The van der Waals surface area contributed by atoms with Gasteiger partial charge in [0.25, 0.3) is 5.91 Å². The van der Waals surface area contributed by atoms with Gasteiger partial charge < -0.3 is 4.90 Å². The Morgan fingerprint density at radius 2 is 2.00 bits per heavy atom. The van der Waals surface area contributed by atoms with E-state index in [0.29, 0.717) is 5.56 Å². The number of hydrogen-bond acceptors (Lipinski definition) is 3. The molecule has 0 spiro atoms. The summed E-state index contributed by atoms with van der Waals surface area (Å²) in [6.07, 6.45) is 2.85. The van der Waals surface area contributed by atoms with Crippen LogP contribution in [0.2, 0.25) is 0 Å². The molecule has 0 N–H and O–H groups in total. The highest BCUT2D eigenvalue weighted by Crippen LogP contribution is 2.31. The van der Waals surface area contributed by atoms with Crippen molar-refractivity contribution >= 4 is 17.7 Å². The van der Waals surface area contributed by atoms with Crippen molar-refractivity contribution < 1.29 is 4.79 Å². The SMILES string of the molecule is Cc1ccc(Sc2ncccc2C(=O)N2CCC2)cc1C. The summed E-state index contributed by atoms with van der Waals surface area (Å²) < 4.78 is 0. The molecule has 3 rings (SSSR count). The van der Waals surface area contributed by atoms with E-state index >= 15 is 0 Å². The minimum absolute atomic E-state index is 0.0979. The Balaban J connectivity index is 1.87. The predicted octanol–water partition coefficient (Wildman–Crippen LogP) is 3.70. The lowest BCUT2D eigenvalue weighted by Crippen LogP contribution is -2.42. The number of hydrogen-bond donors (Lipinski definition) is 0. The quantitative estimate of drug-likeness (QED) is 0.866. The minimum atomic E-state index is 0.0979. The van der Waals surface area contributed by atoms with Crippen molar-refractivity contribution in [1.82, 2.24) is 9.88 Å². The van der Waals surface area contributed by atoms with Gasteiger partial charge >= 0.3 is 0 Å². The zero-order chi connectivity index (χ0) is 14.8. The number of pyridine rings is 1. The Morgan fingerprint density at radius 3 is 2.67 bits per heavy atom. The Kier molecular flexibility index (Phi) is 3.97. The lowest BCUT2D eigenvalue weighted by atomic mass is 10.1. The van der Waals surface area contributed by atoms with E-state index in [1.807, 2.05) is 17.0 Å². The maximum absolute atomic E-state index is 12.4. The van der Waals surface area contributed by atoms with E-state index in [4.69, 9.17) is 0 Å². The molecule has 0 aliphatic carbocycles. The zero-order valence-corrected chi connectivity index (χ0v) is 13.1. The van der Waals surface area contributed by atoms with E-state index in [2.05, 4.69) is 37.0 Å². The summed E-state index contributed by atoms with van der Waals surface area (Å²) in [5.74, 6) is 0.0979. The third-order valence-electron chi connectivity index (χ3n) is 3.84. The molecule has 0 saturated carbocycles. The van der Waals surface area contributed by atoms with Gasteiger partial charge in [-0.3, -0.25) is 4.79 Å². The van der Waals surface area contributed by atoms with Gasteiger partial charge in [-0.1, -0.05) is 17.8 Å². The third-order valence-corrected chi connectivity index (χ3v) is 4.85. The molecule has 1 fully saturated rings. The van der Waals surface area contributed by atoms with Crippen LogP contribution in [0.15, 0.2) is 46.5 Å². The van der Waals surface area contributed by atoms with Crippen LogP contribution in [-0.4, -0.2) is 28.9 Å². The van der Waals surface area contributed by atoms with Gasteiger partial charge in [0.05, 0.1) is 5.56 Å². The first-order valence-corrected chi connectivity index (χ1v) is 7.96. The van der Waals surface area contributed by atoms with Gasteiger partial charge in [0.2, 0.25) is 0 Å². The van der Waals surface area contributed by atoms with Crippen LogP contribution in [-0.2, 0) is 0 Å². The molecule has 0 atom stereocenters. The van der Waals surface area contributed by atoms with Crippen molar-refractivity contribution in [2.24, 2.45) is 0 Å². The van der Waals surface area contributed by atoms with Crippen molar-refractivity contribution in [3.63, 3.8) is 0 Å². The van der Waals surface area contributed by atoms with Gasteiger partial charge in [0, 0.05) is 24.2 Å². The normalized spacial score (nSPS) is 13.9. The van der Waals surface area contributed by atoms with Crippen molar-refractivity contribution in [2.45, 2.75) is 30.2 Å². The number of nitrogens with zero attached hydrogens (tertiary/aromatic N) is 2. The van der Waals surface area contributed by atoms with Gasteiger partial charge in [0.1, 0.15) is 5.03 Å². The number of carbonyl (C=O) groups is 1. The van der Waals surface area contributed by atoms with Crippen LogP contribution in [0.3, 0.4) is 0 Å². The van der Waals surface area contributed by atoms with E-state index in [-0.39, 0.29) is 5.91 Å². The van der Waals surface area contributed by atoms with Gasteiger partial charge in [0.15, 0.2) is 0 Å². The minimum Gasteiger partial charge on any atom is -0.338 e. The first-order chi connectivity index (χ1) is 10.1. The lowest BCUT2D eigenvalue weighted by molar-refractivity contribution is 0.0647. The van der Waals surface area contributed by atoms with E-state index in [1.54, 1.807) is 18.0 Å². The molecule has 1 aromatic carbocycles. The molecule has 21 heavy (non-hydrogen) atoms. The van der Waals surface area contributed by atoms with Crippen LogP contribution in [0.5, 0.6) is 0 Å². The average molecular weight is 298 g/mol. The van der Waals surface area contributed by atoms with E-state index in [9.17, 15) is 4.79 Å². The van der Waals surface area contributed by atoms with Gasteiger partial charge in [-0.15, -0.1) is 0 Å². The predicted molar refractivity (Wildman–Crippen MR) is 84.8 cm³/mol. The summed E-state index contributed by atoms with van der Waals surface area (Å²) in [4.78, 5) is 19.8. The summed E-state index contributed by atoms with van der Waals surface area (Å²) in [5, 5.41) is 0.789. The molecular weight excluding hydrogens is 280 g/mol. The summed E-state index contributed by atoms with van der Waals surface area (Å²) in [6.45, 7) is 5.93. The zero-order valence-electron chi connectivity index (χ0n) is 12.3. The molecule has 2 aromatic rings. The highest BCUT2D eigenvalue weighted by Gasteiger charge is 2.24. The van der Waals surface area contributed by atoms with Crippen LogP contribution in [0.25, 0.3) is 0 Å². The summed E-state index contributed by atoms with van der Waals surface area (Å²) >= 11 is 1.56. The molecule has 1 aromatic heterocycles. The van der Waals surface area contributed by atoms with Gasteiger partial charge in [-0.05, 0) is 55.7 Å². The Labute approximate surface area is 129 Å². The molecule has 0 bridgehead atoms. The van der Waals surface area contributed by atoms with E-state index in [0.717, 1.165) is 29.4 Å². The number of aryl methyl sites for hydroxylation is 2. The van der Waals surface area contributed by atoms with E-state index in [1.165, 1.54) is 11.1 Å². The van der Waals surface area contributed by atoms with Crippen LogP contribution >= 0.6 is 11.8 Å². The highest BCUT2D eigenvalue weighted by molar-refractivity contribution is 7.99.